The maximum Gasteiger partial charge on any atom is 0.254 e. The first-order valence-electron chi connectivity index (χ1n) is 13.5. The maximum atomic E-state index is 13.4. The molecule has 0 atom stereocenters. The number of hydrogen-bond acceptors (Lipinski definition) is 6. The first kappa shape index (κ1) is 25.0. The van der Waals surface area contributed by atoms with Crippen molar-refractivity contribution in [2.24, 2.45) is 5.41 Å². The molecule has 0 saturated carbocycles. The lowest BCUT2D eigenvalue weighted by molar-refractivity contribution is 0.0721. The van der Waals surface area contributed by atoms with E-state index < -0.39 is 0 Å². The second kappa shape index (κ2) is 11.2. The molecule has 0 aliphatic carbocycles. The van der Waals surface area contributed by atoms with Crippen LogP contribution >= 0.6 is 11.3 Å². The Morgan fingerprint density at radius 3 is 2.13 bits per heavy atom. The van der Waals surface area contributed by atoms with Gasteiger partial charge in [0.05, 0.1) is 13.1 Å². The Balaban J connectivity index is 1.03. The predicted molar refractivity (Wildman–Crippen MR) is 148 cm³/mol. The average molecular weight is 530 g/mol. The highest BCUT2D eigenvalue weighted by Gasteiger charge is 2.40. The van der Waals surface area contributed by atoms with Gasteiger partial charge in [-0.1, -0.05) is 18.2 Å². The number of thiophene rings is 1. The highest BCUT2D eigenvalue weighted by molar-refractivity contribution is 7.09. The van der Waals surface area contributed by atoms with Crippen LogP contribution in [0, 0.1) is 5.41 Å². The van der Waals surface area contributed by atoms with Crippen LogP contribution in [0.1, 0.15) is 51.7 Å². The quantitative estimate of drug-likeness (QED) is 0.333. The number of rotatable bonds is 9. The smallest absolute Gasteiger partial charge is 0.254 e. The van der Waals surface area contributed by atoms with Gasteiger partial charge in [0.15, 0.2) is 0 Å². The Morgan fingerprint density at radius 2 is 1.55 bits per heavy atom. The van der Waals surface area contributed by atoms with E-state index in [1.165, 1.54) is 42.8 Å². The lowest BCUT2D eigenvalue weighted by atomic mass is 9.77. The summed E-state index contributed by atoms with van der Waals surface area (Å²) in [4.78, 5) is 36.7. The molecular weight excluding hydrogens is 494 g/mol. The highest BCUT2D eigenvalue weighted by atomic mass is 32.1. The topological polar surface area (TPSA) is 84.2 Å². The number of nitrogens with one attached hydrogen (secondary N) is 2. The Kier molecular flexibility index (Phi) is 7.40. The summed E-state index contributed by atoms with van der Waals surface area (Å²) in [5, 5.41) is 2.18. The summed E-state index contributed by atoms with van der Waals surface area (Å²) in [6, 6.07) is 12.5. The van der Waals surface area contributed by atoms with E-state index in [0.717, 1.165) is 37.8 Å². The predicted octanol–water partition coefficient (Wildman–Crippen LogP) is 4.53. The van der Waals surface area contributed by atoms with E-state index in [2.05, 4.69) is 59.4 Å². The van der Waals surface area contributed by atoms with Gasteiger partial charge in [-0.2, -0.15) is 0 Å². The Bertz CT molecular complexity index is 1240. The van der Waals surface area contributed by atoms with Crippen molar-refractivity contribution in [1.82, 2.24) is 34.6 Å². The molecule has 38 heavy (non-hydrogen) atoms. The second-order valence-electron chi connectivity index (χ2n) is 10.7. The van der Waals surface area contributed by atoms with Crippen LogP contribution < -0.4 is 0 Å². The third kappa shape index (κ3) is 5.90. The van der Waals surface area contributed by atoms with Crippen molar-refractivity contribution in [2.75, 3.05) is 26.2 Å². The number of piperidine rings is 1. The molecule has 1 amide bonds. The normalized spacial score (nSPS) is 17.8. The maximum absolute atomic E-state index is 13.4. The molecular formula is C29H35N7OS. The molecule has 2 aliphatic rings. The largest absolute Gasteiger partial charge is 0.347 e. The second-order valence-corrected chi connectivity index (χ2v) is 11.8. The van der Waals surface area contributed by atoms with Gasteiger partial charge < -0.3 is 14.9 Å². The minimum atomic E-state index is -0.0300. The monoisotopic (exact) mass is 529 g/mol. The van der Waals surface area contributed by atoms with Crippen LogP contribution in [-0.4, -0.2) is 66.7 Å². The van der Waals surface area contributed by atoms with E-state index >= 15 is 0 Å². The van der Waals surface area contributed by atoms with E-state index in [1.807, 2.05) is 23.5 Å². The van der Waals surface area contributed by atoms with Gasteiger partial charge in [0.2, 0.25) is 0 Å². The first-order chi connectivity index (χ1) is 18.6. The van der Waals surface area contributed by atoms with E-state index in [-0.39, 0.29) is 5.91 Å². The SMILES string of the molecule is O=C(c1ccc(CN2CCC3(CC2)CCN(Cc2cccs2)C3)cc1)N(Cc1ncc[nH]1)Cc1ncc[nH]1. The number of aromatic amines is 2. The molecule has 4 aromatic rings. The van der Waals surface area contributed by atoms with Crippen LogP contribution in [-0.2, 0) is 26.2 Å². The molecule has 198 valence electrons. The lowest BCUT2D eigenvalue weighted by Gasteiger charge is -2.39. The minimum Gasteiger partial charge on any atom is -0.347 e. The number of carbonyl (C=O) groups excluding carboxylic acids is 1. The van der Waals surface area contributed by atoms with Gasteiger partial charge in [-0.25, -0.2) is 9.97 Å². The molecule has 9 heteroatoms. The van der Waals surface area contributed by atoms with Gasteiger partial charge in [0, 0.05) is 54.9 Å². The molecule has 1 aromatic carbocycles. The zero-order valence-electron chi connectivity index (χ0n) is 21.7. The number of benzene rings is 1. The summed E-state index contributed by atoms with van der Waals surface area (Å²) < 4.78 is 0. The minimum absolute atomic E-state index is 0.0300. The van der Waals surface area contributed by atoms with Gasteiger partial charge in [0.25, 0.3) is 5.91 Å². The van der Waals surface area contributed by atoms with Crippen molar-refractivity contribution in [2.45, 2.75) is 45.4 Å². The summed E-state index contributed by atoms with van der Waals surface area (Å²) in [6.07, 6.45) is 10.8. The molecule has 6 rings (SSSR count). The summed E-state index contributed by atoms with van der Waals surface area (Å²) in [7, 11) is 0. The number of likely N-dealkylation sites (tertiary alicyclic amines) is 2. The number of H-pyrrole nitrogens is 2. The number of carbonyl (C=O) groups is 1. The lowest BCUT2D eigenvalue weighted by Crippen LogP contribution is -2.41. The fraction of sp³-hybridized carbons (Fsp3) is 0.414. The number of nitrogens with zero attached hydrogens (tertiary/aromatic N) is 5. The Labute approximate surface area is 227 Å². The molecule has 2 saturated heterocycles. The number of aromatic nitrogens is 4. The fourth-order valence-electron chi connectivity index (χ4n) is 5.90. The summed E-state index contributed by atoms with van der Waals surface area (Å²) in [6.45, 7) is 7.59. The van der Waals surface area contributed by atoms with Gasteiger partial charge in [-0.05, 0) is 73.5 Å². The van der Waals surface area contributed by atoms with Crippen molar-refractivity contribution >= 4 is 17.2 Å². The fourth-order valence-corrected chi connectivity index (χ4v) is 6.65. The molecule has 1 spiro atoms. The number of amides is 1. The van der Waals surface area contributed by atoms with Crippen LogP contribution in [0.4, 0.5) is 0 Å². The molecule has 0 unspecified atom stereocenters. The molecule has 2 aliphatic heterocycles. The van der Waals surface area contributed by atoms with Crippen molar-refractivity contribution in [1.29, 1.82) is 0 Å². The standard InChI is InChI=1S/C29H35N7OS/c37-28(36(20-26-30-10-11-31-26)21-27-32-12-13-33-27)24-5-3-23(4-6-24)18-34-14-7-29(8-15-34)9-16-35(22-29)19-25-2-1-17-38-25/h1-6,10-13,17H,7-9,14-16,18-22H2,(H,30,31)(H,32,33). The molecule has 0 bridgehead atoms. The van der Waals surface area contributed by atoms with E-state index in [4.69, 9.17) is 0 Å². The molecule has 3 aromatic heterocycles. The summed E-state index contributed by atoms with van der Waals surface area (Å²) in [5.74, 6) is 1.47. The Hall–Kier alpha value is -3.27. The van der Waals surface area contributed by atoms with Crippen LogP contribution in [0.3, 0.4) is 0 Å². The van der Waals surface area contributed by atoms with Gasteiger partial charge in [-0.15, -0.1) is 11.3 Å². The Morgan fingerprint density at radius 1 is 0.895 bits per heavy atom. The van der Waals surface area contributed by atoms with Crippen LogP contribution in [0.15, 0.2) is 66.6 Å². The first-order valence-corrected chi connectivity index (χ1v) is 14.3. The van der Waals surface area contributed by atoms with E-state index in [1.54, 1.807) is 29.7 Å². The van der Waals surface area contributed by atoms with Crippen LogP contribution in [0.5, 0.6) is 0 Å². The highest BCUT2D eigenvalue weighted by Crippen LogP contribution is 2.41. The van der Waals surface area contributed by atoms with Crippen molar-refractivity contribution in [3.8, 4) is 0 Å². The molecule has 0 radical (unpaired) electrons. The zero-order chi connectivity index (χ0) is 25.8. The molecule has 8 nitrogen and oxygen atoms in total. The van der Waals surface area contributed by atoms with Gasteiger partial charge >= 0.3 is 0 Å². The average Bonchev–Trinajstić information content (AvgIpc) is 3.76. The van der Waals surface area contributed by atoms with Crippen molar-refractivity contribution in [3.63, 3.8) is 0 Å². The van der Waals surface area contributed by atoms with Crippen molar-refractivity contribution in [3.05, 3.63) is 94.2 Å². The van der Waals surface area contributed by atoms with E-state index in [9.17, 15) is 4.79 Å². The molecule has 5 heterocycles. The summed E-state index contributed by atoms with van der Waals surface area (Å²) >= 11 is 1.87. The van der Waals surface area contributed by atoms with Crippen LogP contribution in [0.25, 0.3) is 0 Å². The van der Waals surface area contributed by atoms with Crippen molar-refractivity contribution < 1.29 is 4.79 Å². The third-order valence-corrected chi connectivity index (χ3v) is 8.94. The summed E-state index contributed by atoms with van der Waals surface area (Å²) in [5.41, 5.74) is 2.43. The number of imidazole rings is 2. The van der Waals surface area contributed by atoms with Crippen LogP contribution in [0.2, 0.25) is 0 Å². The van der Waals surface area contributed by atoms with Gasteiger partial charge in [0.1, 0.15) is 11.6 Å². The van der Waals surface area contributed by atoms with E-state index in [0.29, 0.717) is 24.1 Å². The zero-order valence-corrected chi connectivity index (χ0v) is 22.5. The van der Waals surface area contributed by atoms with Gasteiger partial charge in [-0.3, -0.25) is 14.6 Å². The molecule has 2 fully saturated rings. The third-order valence-electron chi connectivity index (χ3n) is 8.08. The number of hydrogen-bond donors (Lipinski definition) is 2. The molecule has 2 N–H and O–H groups in total.